The first-order valence-corrected chi connectivity index (χ1v) is 6.70. The lowest BCUT2D eigenvalue weighted by Crippen LogP contribution is -1.98. The highest BCUT2D eigenvalue weighted by Gasteiger charge is 2.12. The molecule has 0 spiro atoms. The summed E-state index contributed by atoms with van der Waals surface area (Å²) in [4.78, 5) is 8.75. The number of nitrogen functional groups attached to an aromatic ring is 1. The largest absolute Gasteiger partial charge is 0.506 e. The van der Waals surface area contributed by atoms with Crippen molar-refractivity contribution in [2.75, 3.05) is 5.73 Å². The van der Waals surface area contributed by atoms with E-state index in [9.17, 15) is 5.11 Å². The Morgan fingerprint density at radius 3 is 2.43 bits per heavy atom. The molecule has 0 bridgehead atoms. The van der Waals surface area contributed by atoms with Gasteiger partial charge in [-0.2, -0.15) is 0 Å². The third kappa shape index (κ3) is 2.66. The van der Waals surface area contributed by atoms with Gasteiger partial charge in [0.25, 0.3) is 0 Å². The van der Waals surface area contributed by atoms with Crippen molar-refractivity contribution in [2.45, 2.75) is 0 Å². The van der Waals surface area contributed by atoms with Crippen LogP contribution in [0.1, 0.15) is 0 Å². The van der Waals surface area contributed by atoms with Gasteiger partial charge in [0.05, 0.1) is 22.6 Å². The van der Waals surface area contributed by atoms with Gasteiger partial charge >= 0.3 is 0 Å². The number of halogens is 1. The lowest BCUT2D eigenvalue weighted by Gasteiger charge is -2.09. The molecule has 0 radical (unpaired) electrons. The molecule has 104 valence electrons. The van der Waals surface area contributed by atoms with Crippen molar-refractivity contribution in [2.24, 2.45) is 0 Å². The van der Waals surface area contributed by atoms with E-state index in [1.807, 2.05) is 30.3 Å². The molecule has 3 N–H and O–H groups in total. The zero-order valence-corrected chi connectivity index (χ0v) is 11.7. The Hall–Kier alpha value is -2.59. The highest BCUT2D eigenvalue weighted by molar-refractivity contribution is 6.32. The minimum Gasteiger partial charge on any atom is -0.506 e. The van der Waals surface area contributed by atoms with Crippen LogP contribution in [-0.2, 0) is 0 Å². The molecule has 1 aromatic heterocycles. The molecule has 0 aliphatic carbocycles. The standard InChI is InChI=1S/C16H12ClN3O/c17-12-8-11(6-7-13(12)21)15-16(20-14(18)9-19-15)10-4-2-1-3-5-10/h1-9,21H,(H2,18,20). The molecule has 4 nitrogen and oxygen atoms in total. The number of anilines is 1. The average molecular weight is 298 g/mol. The summed E-state index contributed by atoms with van der Waals surface area (Å²) in [5.41, 5.74) is 8.78. The zero-order chi connectivity index (χ0) is 14.8. The Balaban J connectivity index is 2.21. The number of hydrogen-bond donors (Lipinski definition) is 2. The first-order valence-electron chi connectivity index (χ1n) is 6.32. The first-order chi connectivity index (χ1) is 10.1. The number of nitrogens with two attached hydrogens (primary N) is 1. The molecule has 0 aliphatic rings. The molecule has 3 aromatic rings. The summed E-state index contributed by atoms with van der Waals surface area (Å²) in [7, 11) is 0. The second-order valence-corrected chi connectivity index (χ2v) is 4.93. The summed E-state index contributed by atoms with van der Waals surface area (Å²) in [6.07, 6.45) is 1.50. The number of benzene rings is 2. The number of rotatable bonds is 2. The van der Waals surface area contributed by atoms with Crippen LogP contribution in [0.3, 0.4) is 0 Å². The van der Waals surface area contributed by atoms with Gasteiger partial charge in [0.1, 0.15) is 11.6 Å². The van der Waals surface area contributed by atoms with Gasteiger partial charge in [0.2, 0.25) is 0 Å². The van der Waals surface area contributed by atoms with Crippen molar-refractivity contribution in [3.63, 3.8) is 0 Å². The number of nitrogens with zero attached hydrogens (tertiary/aromatic N) is 2. The van der Waals surface area contributed by atoms with Crippen LogP contribution in [0, 0.1) is 0 Å². The second kappa shape index (κ2) is 5.42. The Bertz CT molecular complexity index is 791. The number of aromatic nitrogens is 2. The van der Waals surface area contributed by atoms with Crippen LogP contribution in [-0.4, -0.2) is 15.1 Å². The summed E-state index contributed by atoms with van der Waals surface area (Å²) in [6, 6.07) is 14.6. The fraction of sp³-hybridized carbons (Fsp3) is 0. The Kier molecular flexibility index (Phi) is 3.46. The van der Waals surface area contributed by atoms with Gasteiger partial charge in [0, 0.05) is 11.1 Å². The molecule has 0 atom stereocenters. The predicted octanol–water partition coefficient (Wildman–Crippen LogP) is 3.75. The minimum absolute atomic E-state index is 0.0325. The lowest BCUT2D eigenvalue weighted by molar-refractivity contribution is 0.475. The van der Waals surface area contributed by atoms with E-state index in [1.54, 1.807) is 12.1 Å². The summed E-state index contributed by atoms with van der Waals surface area (Å²) in [5.74, 6) is 0.382. The van der Waals surface area contributed by atoms with E-state index in [4.69, 9.17) is 17.3 Å². The molecule has 5 heteroatoms. The molecule has 0 unspecified atom stereocenters. The van der Waals surface area contributed by atoms with Crippen LogP contribution in [0.2, 0.25) is 5.02 Å². The molecule has 1 heterocycles. The molecule has 0 saturated heterocycles. The quantitative estimate of drug-likeness (QED) is 0.755. The summed E-state index contributed by atoms with van der Waals surface area (Å²) in [5, 5.41) is 9.80. The molecular weight excluding hydrogens is 286 g/mol. The van der Waals surface area contributed by atoms with E-state index in [0.717, 1.165) is 11.1 Å². The number of aromatic hydroxyl groups is 1. The predicted molar refractivity (Wildman–Crippen MR) is 84.0 cm³/mol. The summed E-state index contributed by atoms with van der Waals surface area (Å²) >= 11 is 5.97. The van der Waals surface area contributed by atoms with E-state index < -0.39 is 0 Å². The normalized spacial score (nSPS) is 10.5. The van der Waals surface area contributed by atoms with E-state index in [-0.39, 0.29) is 10.8 Å². The minimum atomic E-state index is 0.0325. The van der Waals surface area contributed by atoms with Gasteiger partial charge < -0.3 is 10.8 Å². The van der Waals surface area contributed by atoms with Gasteiger partial charge in [-0.15, -0.1) is 0 Å². The topological polar surface area (TPSA) is 72.0 Å². The maximum Gasteiger partial charge on any atom is 0.142 e. The van der Waals surface area contributed by atoms with Gasteiger partial charge in [-0.3, -0.25) is 4.98 Å². The number of phenols is 1. The van der Waals surface area contributed by atoms with Crippen LogP contribution in [0.5, 0.6) is 5.75 Å². The van der Waals surface area contributed by atoms with E-state index in [0.29, 0.717) is 17.2 Å². The van der Waals surface area contributed by atoms with Crippen molar-refractivity contribution in [1.29, 1.82) is 0 Å². The maximum absolute atomic E-state index is 9.53. The summed E-state index contributed by atoms with van der Waals surface area (Å²) in [6.45, 7) is 0. The average Bonchev–Trinajstić information content (AvgIpc) is 2.51. The molecule has 21 heavy (non-hydrogen) atoms. The third-order valence-electron chi connectivity index (χ3n) is 3.06. The summed E-state index contributed by atoms with van der Waals surface area (Å²) < 4.78 is 0. The third-order valence-corrected chi connectivity index (χ3v) is 3.36. The zero-order valence-electron chi connectivity index (χ0n) is 11.0. The smallest absolute Gasteiger partial charge is 0.142 e. The molecule has 2 aromatic carbocycles. The van der Waals surface area contributed by atoms with Crippen molar-refractivity contribution in [3.8, 4) is 28.3 Å². The molecule has 0 aliphatic heterocycles. The fourth-order valence-corrected chi connectivity index (χ4v) is 2.25. The van der Waals surface area contributed by atoms with Crippen molar-refractivity contribution < 1.29 is 5.11 Å². The second-order valence-electron chi connectivity index (χ2n) is 4.52. The van der Waals surface area contributed by atoms with Crippen molar-refractivity contribution in [1.82, 2.24) is 9.97 Å². The highest BCUT2D eigenvalue weighted by atomic mass is 35.5. The van der Waals surface area contributed by atoms with Crippen LogP contribution >= 0.6 is 11.6 Å². The highest BCUT2D eigenvalue weighted by Crippen LogP contribution is 2.33. The van der Waals surface area contributed by atoms with Crippen molar-refractivity contribution in [3.05, 3.63) is 59.8 Å². The SMILES string of the molecule is Nc1cnc(-c2ccc(O)c(Cl)c2)c(-c2ccccc2)n1. The van der Waals surface area contributed by atoms with E-state index in [2.05, 4.69) is 9.97 Å². The number of hydrogen-bond acceptors (Lipinski definition) is 4. The molecular formula is C16H12ClN3O. The Morgan fingerprint density at radius 2 is 1.71 bits per heavy atom. The Labute approximate surface area is 126 Å². The molecule has 0 saturated carbocycles. The van der Waals surface area contributed by atoms with Crippen LogP contribution < -0.4 is 5.73 Å². The maximum atomic E-state index is 9.53. The van der Waals surface area contributed by atoms with Crippen LogP contribution in [0.15, 0.2) is 54.7 Å². The van der Waals surface area contributed by atoms with Gasteiger partial charge in [-0.25, -0.2) is 4.98 Å². The van der Waals surface area contributed by atoms with Crippen molar-refractivity contribution >= 4 is 17.4 Å². The van der Waals surface area contributed by atoms with Gasteiger partial charge in [-0.05, 0) is 18.2 Å². The Morgan fingerprint density at radius 1 is 0.952 bits per heavy atom. The lowest BCUT2D eigenvalue weighted by atomic mass is 10.0. The molecule has 0 amide bonds. The molecule has 0 fully saturated rings. The fourth-order valence-electron chi connectivity index (χ4n) is 2.07. The van der Waals surface area contributed by atoms with Gasteiger partial charge in [0.15, 0.2) is 0 Å². The van der Waals surface area contributed by atoms with E-state index >= 15 is 0 Å². The first kappa shape index (κ1) is 13.4. The molecule has 3 rings (SSSR count). The monoisotopic (exact) mass is 297 g/mol. The van der Waals surface area contributed by atoms with Gasteiger partial charge in [-0.1, -0.05) is 41.9 Å². The van der Waals surface area contributed by atoms with Crippen LogP contribution in [0.4, 0.5) is 5.82 Å². The number of phenolic OH excluding ortho intramolecular Hbond substituents is 1. The van der Waals surface area contributed by atoms with Crippen LogP contribution in [0.25, 0.3) is 22.5 Å². The van der Waals surface area contributed by atoms with E-state index in [1.165, 1.54) is 12.3 Å².